The minimum Gasteiger partial charge on any atom is -0.478 e. The minimum atomic E-state index is -0.907. The Bertz CT molecular complexity index is 388. The molecule has 0 amide bonds. The Balaban J connectivity index is 2.85. The average molecular weight is 216 g/mol. The van der Waals surface area contributed by atoms with E-state index >= 15 is 0 Å². The zero-order valence-electron chi connectivity index (χ0n) is 9.39. The molecule has 1 N–H and O–H groups in total. The fourth-order valence-corrected chi connectivity index (χ4v) is 1.43. The Kier molecular flexibility index (Phi) is 5.06. The first-order valence-corrected chi connectivity index (χ1v) is 5.39. The predicted molar refractivity (Wildman–Crippen MR) is 66.1 cm³/mol. The molecular formula is C14H16O2. The summed E-state index contributed by atoms with van der Waals surface area (Å²) in [5, 5.41) is 8.58. The molecule has 0 heterocycles. The van der Waals surface area contributed by atoms with Gasteiger partial charge in [-0.1, -0.05) is 55.8 Å². The molecule has 0 aliphatic heterocycles. The molecule has 84 valence electrons. The van der Waals surface area contributed by atoms with Gasteiger partial charge in [0.2, 0.25) is 0 Å². The molecule has 0 atom stereocenters. The fourth-order valence-electron chi connectivity index (χ4n) is 1.43. The van der Waals surface area contributed by atoms with E-state index in [1.165, 1.54) is 6.08 Å². The molecule has 0 fully saturated rings. The van der Waals surface area contributed by atoms with E-state index in [0.29, 0.717) is 0 Å². The number of hydrogen-bond acceptors (Lipinski definition) is 1. The van der Waals surface area contributed by atoms with Crippen LogP contribution >= 0.6 is 0 Å². The van der Waals surface area contributed by atoms with Crippen LogP contribution in [0.3, 0.4) is 0 Å². The maximum atomic E-state index is 10.4. The van der Waals surface area contributed by atoms with Gasteiger partial charge >= 0.3 is 5.97 Å². The highest BCUT2D eigenvalue weighted by Gasteiger charge is 1.94. The van der Waals surface area contributed by atoms with Crippen molar-refractivity contribution in [3.8, 4) is 0 Å². The Hall–Kier alpha value is -1.83. The summed E-state index contributed by atoms with van der Waals surface area (Å²) in [4.78, 5) is 10.4. The molecule has 1 rings (SSSR count). The Morgan fingerprint density at radius 3 is 2.50 bits per heavy atom. The molecule has 0 aliphatic carbocycles. The molecule has 0 unspecified atom stereocenters. The predicted octanol–water partition coefficient (Wildman–Crippen LogP) is 3.51. The van der Waals surface area contributed by atoms with Gasteiger partial charge in [0.15, 0.2) is 0 Å². The third-order valence-electron chi connectivity index (χ3n) is 2.13. The molecule has 0 spiro atoms. The minimum absolute atomic E-state index is 0.888. The Morgan fingerprint density at radius 2 is 1.94 bits per heavy atom. The van der Waals surface area contributed by atoms with Crippen LogP contribution in [0.2, 0.25) is 0 Å². The number of carbonyl (C=O) groups is 1. The third-order valence-corrected chi connectivity index (χ3v) is 2.13. The maximum Gasteiger partial charge on any atom is 0.328 e. The average Bonchev–Trinajstić information content (AvgIpc) is 2.27. The maximum absolute atomic E-state index is 10.4. The highest BCUT2D eigenvalue weighted by molar-refractivity contribution is 5.80. The van der Waals surface area contributed by atoms with Crippen LogP contribution in [0.15, 0.2) is 48.1 Å². The van der Waals surface area contributed by atoms with Crippen LogP contribution in [0.1, 0.15) is 25.3 Å². The number of carboxylic acid groups (broad SMARTS) is 1. The SMILES string of the molecule is CCCC(/C=C/C(=O)O)=C\c1ccccc1. The molecule has 0 saturated carbocycles. The Morgan fingerprint density at radius 1 is 1.25 bits per heavy atom. The molecule has 16 heavy (non-hydrogen) atoms. The monoisotopic (exact) mass is 216 g/mol. The molecule has 0 radical (unpaired) electrons. The van der Waals surface area contributed by atoms with Crippen molar-refractivity contribution in [2.75, 3.05) is 0 Å². The highest BCUT2D eigenvalue weighted by atomic mass is 16.4. The van der Waals surface area contributed by atoms with Crippen molar-refractivity contribution in [2.45, 2.75) is 19.8 Å². The van der Waals surface area contributed by atoms with Gasteiger partial charge in [0, 0.05) is 6.08 Å². The lowest BCUT2D eigenvalue weighted by molar-refractivity contribution is -0.131. The third kappa shape index (κ3) is 4.60. The van der Waals surface area contributed by atoms with Crippen LogP contribution in [0, 0.1) is 0 Å². The first-order valence-electron chi connectivity index (χ1n) is 5.39. The van der Waals surface area contributed by atoms with Crippen molar-refractivity contribution < 1.29 is 9.90 Å². The van der Waals surface area contributed by atoms with E-state index in [-0.39, 0.29) is 0 Å². The second kappa shape index (κ2) is 6.62. The summed E-state index contributed by atoms with van der Waals surface area (Å²) in [6.07, 6.45) is 6.76. The number of benzene rings is 1. The molecular weight excluding hydrogens is 200 g/mol. The van der Waals surface area contributed by atoms with E-state index in [4.69, 9.17) is 5.11 Å². The number of aliphatic carboxylic acids is 1. The van der Waals surface area contributed by atoms with Gasteiger partial charge in [-0.25, -0.2) is 4.79 Å². The summed E-state index contributed by atoms with van der Waals surface area (Å²) in [5.74, 6) is -0.907. The van der Waals surface area contributed by atoms with E-state index in [1.54, 1.807) is 6.08 Å². The Labute approximate surface area is 95.9 Å². The van der Waals surface area contributed by atoms with Gasteiger partial charge in [-0.2, -0.15) is 0 Å². The summed E-state index contributed by atoms with van der Waals surface area (Å²) in [6.45, 7) is 2.08. The van der Waals surface area contributed by atoms with Gasteiger partial charge in [0.05, 0.1) is 0 Å². The topological polar surface area (TPSA) is 37.3 Å². The number of allylic oxidation sites excluding steroid dienone is 2. The molecule has 0 bridgehead atoms. The van der Waals surface area contributed by atoms with Crippen LogP contribution in [-0.4, -0.2) is 11.1 Å². The zero-order valence-corrected chi connectivity index (χ0v) is 9.39. The van der Waals surface area contributed by atoms with E-state index in [2.05, 4.69) is 6.92 Å². The first kappa shape index (κ1) is 12.2. The van der Waals surface area contributed by atoms with Gasteiger partial charge < -0.3 is 5.11 Å². The molecule has 2 heteroatoms. The van der Waals surface area contributed by atoms with Gasteiger partial charge in [-0.15, -0.1) is 0 Å². The second-order valence-corrected chi connectivity index (χ2v) is 3.55. The van der Waals surface area contributed by atoms with Crippen molar-refractivity contribution in [1.29, 1.82) is 0 Å². The van der Waals surface area contributed by atoms with E-state index in [9.17, 15) is 4.79 Å². The molecule has 1 aromatic carbocycles. The fraction of sp³-hybridized carbons (Fsp3) is 0.214. The summed E-state index contributed by atoms with van der Waals surface area (Å²) in [7, 11) is 0. The number of hydrogen-bond donors (Lipinski definition) is 1. The van der Waals surface area contributed by atoms with Crippen LogP contribution in [0.5, 0.6) is 0 Å². The lowest BCUT2D eigenvalue weighted by Gasteiger charge is -1.99. The van der Waals surface area contributed by atoms with Gasteiger partial charge in [0.1, 0.15) is 0 Å². The van der Waals surface area contributed by atoms with Gasteiger partial charge in [-0.05, 0) is 17.6 Å². The molecule has 2 nitrogen and oxygen atoms in total. The lowest BCUT2D eigenvalue weighted by atomic mass is 10.1. The van der Waals surface area contributed by atoms with E-state index < -0.39 is 5.97 Å². The summed E-state index contributed by atoms with van der Waals surface area (Å²) in [6, 6.07) is 9.91. The number of rotatable bonds is 5. The van der Waals surface area contributed by atoms with Crippen LogP contribution in [-0.2, 0) is 4.79 Å². The number of carboxylic acids is 1. The largest absolute Gasteiger partial charge is 0.478 e. The molecule has 0 aliphatic rings. The van der Waals surface area contributed by atoms with Crippen LogP contribution in [0.4, 0.5) is 0 Å². The molecule has 0 aromatic heterocycles. The highest BCUT2D eigenvalue weighted by Crippen LogP contribution is 2.12. The van der Waals surface area contributed by atoms with Gasteiger partial charge in [-0.3, -0.25) is 0 Å². The summed E-state index contributed by atoms with van der Waals surface area (Å²) in [5.41, 5.74) is 2.14. The molecule has 1 aromatic rings. The van der Waals surface area contributed by atoms with E-state index in [0.717, 1.165) is 24.0 Å². The van der Waals surface area contributed by atoms with Crippen molar-refractivity contribution in [3.63, 3.8) is 0 Å². The first-order chi connectivity index (χ1) is 7.72. The van der Waals surface area contributed by atoms with Crippen molar-refractivity contribution in [1.82, 2.24) is 0 Å². The standard InChI is InChI=1S/C14H16O2/c1-2-6-12(9-10-14(15)16)11-13-7-4-3-5-8-13/h3-5,7-11H,2,6H2,1H3,(H,15,16)/b10-9+,12-11+. The summed E-state index contributed by atoms with van der Waals surface area (Å²) >= 11 is 0. The van der Waals surface area contributed by atoms with Gasteiger partial charge in [0.25, 0.3) is 0 Å². The zero-order chi connectivity index (χ0) is 11.8. The van der Waals surface area contributed by atoms with Crippen molar-refractivity contribution in [3.05, 3.63) is 53.6 Å². The van der Waals surface area contributed by atoms with Crippen molar-refractivity contribution >= 4 is 12.0 Å². The normalized spacial score (nSPS) is 11.9. The molecule has 0 saturated heterocycles. The van der Waals surface area contributed by atoms with Crippen LogP contribution in [0.25, 0.3) is 6.08 Å². The van der Waals surface area contributed by atoms with Crippen molar-refractivity contribution in [2.24, 2.45) is 0 Å². The smallest absolute Gasteiger partial charge is 0.328 e. The quantitative estimate of drug-likeness (QED) is 0.604. The van der Waals surface area contributed by atoms with E-state index in [1.807, 2.05) is 36.4 Å². The van der Waals surface area contributed by atoms with Crippen LogP contribution < -0.4 is 0 Å². The lowest BCUT2D eigenvalue weighted by Crippen LogP contribution is -1.87. The summed E-state index contributed by atoms with van der Waals surface area (Å²) < 4.78 is 0. The second-order valence-electron chi connectivity index (χ2n) is 3.55.